The zero-order valence-electron chi connectivity index (χ0n) is 22.3. The second-order valence-corrected chi connectivity index (χ2v) is 10.8. The standard InChI is InChI=1S/C40H24O/c1-2-12-25(13-3-1)37-29-18-6-8-20-31(29)39(32-21-9-7-19-30(32)37)34-24-36-40(28-17-5-4-16-27(28)34)33-22-10-14-26-15-11-23-35(41-36)38(26)33/h1-24H. The predicted octanol–water partition coefficient (Wildman–Crippen LogP) is 11.4. The molecule has 0 radical (unpaired) electrons. The van der Waals surface area contributed by atoms with Crippen LogP contribution in [0.2, 0.25) is 0 Å². The van der Waals surface area contributed by atoms with E-state index in [4.69, 9.17) is 4.74 Å². The summed E-state index contributed by atoms with van der Waals surface area (Å²) >= 11 is 0. The predicted molar refractivity (Wildman–Crippen MR) is 173 cm³/mol. The zero-order valence-corrected chi connectivity index (χ0v) is 22.3. The van der Waals surface area contributed by atoms with Gasteiger partial charge in [0.05, 0.1) is 0 Å². The van der Waals surface area contributed by atoms with Crippen LogP contribution in [0.5, 0.6) is 11.5 Å². The molecule has 8 aromatic rings. The number of benzene rings is 8. The average molecular weight is 521 g/mol. The maximum absolute atomic E-state index is 6.74. The highest BCUT2D eigenvalue weighted by molar-refractivity contribution is 6.25. The van der Waals surface area contributed by atoms with Crippen molar-refractivity contribution in [1.82, 2.24) is 0 Å². The Morgan fingerprint density at radius 2 is 0.878 bits per heavy atom. The van der Waals surface area contributed by atoms with Crippen molar-refractivity contribution in [3.63, 3.8) is 0 Å². The third-order valence-electron chi connectivity index (χ3n) is 8.63. The fraction of sp³-hybridized carbons (Fsp3) is 0. The Kier molecular flexibility index (Phi) is 4.67. The van der Waals surface area contributed by atoms with Gasteiger partial charge in [0.15, 0.2) is 0 Å². The van der Waals surface area contributed by atoms with Crippen LogP contribution in [0.25, 0.3) is 76.5 Å². The third kappa shape index (κ3) is 3.18. The lowest BCUT2D eigenvalue weighted by atomic mass is 9.83. The van der Waals surface area contributed by atoms with Crippen LogP contribution in [0.3, 0.4) is 0 Å². The van der Waals surface area contributed by atoms with Crippen LogP contribution in [0.15, 0.2) is 146 Å². The Labute approximate surface area is 237 Å². The summed E-state index contributed by atoms with van der Waals surface area (Å²) < 4.78 is 6.74. The normalized spacial score (nSPS) is 12.1. The minimum atomic E-state index is 0.908. The first-order chi connectivity index (χ1) is 20.4. The Morgan fingerprint density at radius 1 is 0.341 bits per heavy atom. The van der Waals surface area contributed by atoms with Gasteiger partial charge in [-0.3, -0.25) is 0 Å². The first-order valence-corrected chi connectivity index (χ1v) is 14.1. The van der Waals surface area contributed by atoms with E-state index in [2.05, 4.69) is 146 Å². The molecular weight excluding hydrogens is 496 g/mol. The van der Waals surface area contributed by atoms with Gasteiger partial charge in [0.1, 0.15) is 11.5 Å². The van der Waals surface area contributed by atoms with Gasteiger partial charge in [0.25, 0.3) is 0 Å². The first-order valence-electron chi connectivity index (χ1n) is 14.1. The second-order valence-electron chi connectivity index (χ2n) is 10.8. The van der Waals surface area contributed by atoms with Crippen molar-refractivity contribution >= 4 is 43.1 Å². The van der Waals surface area contributed by atoms with Crippen LogP contribution < -0.4 is 4.74 Å². The van der Waals surface area contributed by atoms with Gasteiger partial charge in [-0.2, -0.15) is 0 Å². The Morgan fingerprint density at radius 3 is 1.54 bits per heavy atom. The smallest absolute Gasteiger partial charge is 0.136 e. The lowest BCUT2D eigenvalue weighted by Crippen LogP contribution is -1.99. The zero-order chi connectivity index (χ0) is 26.9. The van der Waals surface area contributed by atoms with E-state index in [9.17, 15) is 0 Å². The quantitative estimate of drug-likeness (QED) is 0.206. The molecule has 0 saturated heterocycles. The largest absolute Gasteiger partial charge is 0.456 e. The summed E-state index contributed by atoms with van der Waals surface area (Å²) in [5.74, 6) is 1.83. The molecule has 9 rings (SSSR count). The van der Waals surface area contributed by atoms with E-state index in [0.29, 0.717) is 0 Å². The van der Waals surface area contributed by atoms with E-state index < -0.39 is 0 Å². The van der Waals surface area contributed by atoms with Crippen LogP contribution in [-0.4, -0.2) is 0 Å². The van der Waals surface area contributed by atoms with Crippen LogP contribution in [-0.2, 0) is 0 Å². The van der Waals surface area contributed by atoms with Gasteiger partial charge in [0, 0.05) is 10.9 Å². The molecule has 0 amide bonds. The van der Waals surface area contributed by atoms with E-state index in [1.54, 1.807) is 0 Å². The molecule has 1 aliphatic heterocycles. The molecule has 0 aromatic heterocycles. The summed E-state index contributed by atoms with van der Waals surface area (Å²) in [5.41, 5.74) is 7.35. The van der Waals surface area contributed by atoms with Crippen LogP contribution in [0, 0.1) is 0 Å². The van der Waals surface area contributed by atoms with Crippen molar-refractivity contribution in [2.75, 3.05) is 0 Å². The Balaban J connectivity index is 1.45. The van der Waals surface area contributed by atoms with Gasteiger partial charge >= 0.3 is 0 Å². The van der Waals surface area contributed by atoms with E-state index >= 15 is 0 Å². The van der Waals surface area contributed by atoms with Crippen LogP contribution in [0.1, 0.15) is 0 Å². The van der Waals surface area contributed by atoms with Crippen molar-refractivity contribution in [2.24, 2.45) is 0 Å². The molecule has 0 atom stereocenters. The number of fused-ring (bicyclic) bond motifs is 6. The molecule has 0 N–H and O–H groups in total. The van der Waals surface area contributed by atoms with Crippen molar-refractivity contribution in [1.29, 1.82) is 0 Å². The molecule has 0 aliphatic carbocycles. The molecule has 0 fully saturated rings. The fourth-order valence-electron chi connectivity index (χ4n) is 6.97. The third-order valence-corrected chi connectivity index (χ3v) is 8.63. The van der Waals surface area contributed by atoms with Crippen molar-refractivity contribution in [3.05, 3.63) is 146 Å². The molecular formula is C40H24O. The molecule has 1 nitrogen and oxygen atoms in total. The topological polar surface area (TPSA) is 9.23 Å². The van der Waals surface area contributed by atoms with Gasteiger partial charge in [-0.15, -0.1) is 0 Å². The van der Waals surface area contributed by atoms with Gasteiger partial charge in [-0.25, -0.2) is 0 Å². The molecule has 0 bridgehead atoms. The van der Waals surface area contributed by atoms with E-state index in [-0.39, 0.29) is 0 Å². The lowest BCUT2D eigenvalue weighted by molar-refractivity contribution is 0.488. The lowest BCUT2D eigenvalue weighted by Gasteiger charge is -2.25. The molecule has 190 valence electrons. The number of hydrogen-bond donors (Lipinski definition) is 0. The Bertz CT molecular complexity index is 2270. The fourth-order valence-corrected chi connectivity index (χ4v) is 6.97. The number of ether oxygens (including phenoxy) is 1. The number of hydrogen-bond acceptors (Lipinski definition) is 1. The maximum Gasteiger partial charge on any atom is 0.136 e. The highest BCUT2D eigenvalue weighted by Gasteiger charge is 2.25. The van der Waals surface area contributed by atoms with Gasteiger partial charge in [-0.1, -0.05) is 133 Å². The summed E-state index contributed by atoms with van der Waals surface area (Å²) in [4.78, 5) is 0. The Hall–Kier alpha value is -5.40. The van der Waals surface area contributed by atoms with E-state index in [1.165, 1.54) is 76.5 Å². The maximum atomic E-state index is 6.74. The summed E-state index contributed by atoms with van der Waals surface area (Å²) in [7, 11) is 0. The molecule has 0 saturated carbocycles. The molecule has 1 aliphatic rings. The summed E-state index contributed by atoms with van der Waals surface area (Å²) in [6, 6.07) is 52.4. The minimum Gasteiger partial charge on any atom is -0.456 e. The van der Waals surface area contributed by atoms with Crippen molar-refractivity contribution < 1.29 is 4.74 Å². The highest BCUT2D eigenvalue weighted by Crippen LogP contribution is 2.53. The second kappa shape index (κ2) is 8.55. The van der Waals surface area contributed by atoms with Crippen LogP contribution >= 0.6 is 0 Å². The summed E-state index contributed by atoms with van der Waals surface area (Å²) in [5, 5.41) is 9.82. The van der Waals surface area contributed by atoms with E-state index in [0.717, 1.165) is 11.5 Å². The van der Waals surface area contributed by atoms with Gasteiger partial charge in [-0.05, 0) is 77.7 Å². The molecule has 1 heteroatoms. The number of rotatable bonds is 2. The van der Waals surface area contributed by atoms with Crippen molar-refractivity contribution in [2.45, 2.75) is 0 Å². The first kappa shape index (κ1) is 22.4. The summed E-state index contributed by atoms with van der Waals surface area (Å²) in [6.07, 6.45) is 0. The van der Waals surface area contributed by atoms with E-state index in [1.807, 2.05) is 0 Å². The average Bonchev–Trinajstić information content (AvgIpc) is 3.04. The molecule has 8 aromatic carbocycles. The van der Waals surface area contributed by atoms with Crippen molar-refractivity contribution in [3.8, 4) is 44.9 Å². The van der Waals surface area contributed by atoms with Gasteiger partial charge < -0.3 is 4.74 Å². The SMILES string of the molecule is c1ccc(-c2c3ccccc3c(-c3cc4c(c5ccccc35)-c3cccc5cccc(c35)O4)c3ccccc23)cc1. The molecule has 1 heterocycles. The van der Waals surface area contributed by atoms with Crippen LogP contribution in [0.4, 0.5) is 0 Å². The molecule has 0 unspecified atom stereocenters. The molecule has 41 heavy (non-hydrogen) atoms. The summed E-state index contributed by atoms with van der Waals surface area (Å²) in [6.45, 7) is 0. The monoisotopic (exact) mass is 520 g/mol. The minimum absolute atomic E-state index is 0.908. The highest BCUT2D eigenvalue weighted by atomic mass is 16.5. The molecule has 0 spiro atoms. The van der Waals surface area contributed by atoms with Gasteiger partial charge in [0.2, 0.25) is 0 Å².